The Morgan fingerprint density at radius 3 is 2.80 bits per heavy atom. The number of hydrogen-bond acceptors (Lipinski definition) is 4. The summed E-state index contributed by atoms with van der Waals surface area (Å²) >= 11 is 0. The van der Waals surface area contributed by atoms with Crippen LogP contribution in [-0.4, -0.2) is 21.5 Å². The van der Waals surface area contributed by atoms with E-state index in [1.807, 2.05) is 12.1 Å². The Balaban J connectivity index is 2.11. The van der Waals surface area contributed by atoms with Crippen LogP contribution in [0.3, 0.4) is 0 Å². The molecule has 1 heterocycles. The SMILES string of the molecule is C/C(=N\NC(=O)c1cccc([N+](=O)[O-])c1)c1ccc[nH]1. The van der Waals surface area contributed by atoms with Gasteiger partial charge in [-0.15, -0.1) is 0 Å². The number of nitro benzene ring substituents is 1. The van der Waals surface area contributed by atoms with Gasteiger partial charge in [-0.2, -0.15) is 5.10 Å². The number of aromatic nitrogens is 1. The maximum absolute atomic E-state index is 11.8. The van der Waals surface area contributed by atoms with Crippen molar-refractivity contribution < 1.29 is 9.72 Å². The molecule has 2 N–H and O–H groups in total. The third-order valence-corrected chi connectivity index (χ3v) is 2.63. The number of hydrogen-bond donors (Lipinski definition) is 2. The molecule has 20 heavy (non-hydrogen) atoms. The zero-order chi connectivity index (χ0) is 14.5. The van der Waals surface area contributed by atoms with Crippen LogP contribution in [0.2, 0.25) is 0 Å². The molecule has 1 aromatic heterocycles. The molecule has 0 saturated heterocycles. The minimum Gasteiger partial charge on any atom is -0.360 e. The Labute approximate surface area is 114 Å². The zero-order valence-corrected chi connectivity index (χ0v) is 10.7. The molecule has 0 aliphatic rings. The molecular formula is C13H12N4O3. The van der Waals surface area contributed by atoms with Crippen molar-refractivity contribution in [3.63, 3.8) is 0 Å². The molecule has 0 unspecified atom stereocenters. The monoisotopic (exact) mass is 272 g/mol. The highest BCUT2D eigenvalue weighted by Crippen LogP contribution is 2.12. The van der Waals surface area contributed by atoms with Gasteiger partial charge in [-0.3, -0.25) is 14.9 Å². The molecule has 1 amide bonds. The lowest BCUT2D eigenvalue weighted by Gasteiger charge is -2.01. The lowest BCUT2D eigenvalue weighted by atomic mass is 10.2. The molecule has 102 valence electrons. The van der Waals surface area contributed by atoms with Crippen LogP contribution in [0.25, 0.3) is 0 Å². The second-order valence-electron chi connectivity index (χ2n) is 4.03. The summed E-state index contributed by atoms with van der Waals surface area (Å²) in [4.78, 5) is 24.9. The van der Waals surface area contributed by atoms with Crippen LogP contribution in [0.15, 0.2) is 47.7 Å². The van der Waals surface area contributed by atoms with Gasteiger partial charge in [0.1, 0.15) is 0 Å². The molecule has 0 aliphatic heterocycles. The molecule has 2 aromatic rings. The van der Waals surface area contributed by atoms with E-state index in [0.29, 0.717) is 5.71 Å². The third-order valence-electron chi connectivity index (χ3n) is 2.63. The van der Waals surface area contributed by atoms with Gasteiger partial charge in [0.15, 0.2) is 0 Å². The summed E-state index contributed by atoms with van der Waals surface area (Å²) in [5.74, 6) is -0.500. The number of nitrogens with zero attached hydrogens (tertiary/aromatic N) is 2. The minimum absolute atomic E-state index is 0.136. The van der Waals surface area contributed by atoms with Crippen molar-refractivity contribution >= 4 is 17.3 Å². The summed E-state index contributed by atoms with van der Waals surface area (Å²) in [6, 6.07) is 9.10. The quantitative estimate of drug-likeness (QED) is 0.506. The number of nitrogens with one attached hydrogen (secondary N) is 2. The molecule has 0 atom stereocenters. The van der Waals surface area contributed by atoms with Gasteiger partial charge in [0.25, 0.3) is 11.6 Å². The number of amides is 1. The molecule has 0 saturated carbocycles. The highest BCUT2D eigenvalue weighted by Gasteiger charge is 2.11. The molecular weight excluding hydrogens is 260 g/mol. The van der Waals surface area contributed by atoms with E-state index in [1.165, 1.54) is 24.3 Å². The van der Waals surface area contributed by atoms with Gasteiger partial charge in [-0.1, -0.05) is 6.07 Å². The molecule has 7 heteroatoms. The van der Waals surface area contributed by atoms with Gasteiger partial charge < -0.3 is 4.98 Å². The van der Waals surface area contributed by atoms with Crippen molar-refractivity contribution in [3.8, 4) is 0 Å². The molecule has 0 spiro atoms. The van der Waals surface area contributed by atoms with Crippen molar-refractivity contribution in [2.45, 2.75) is 6.92 Å². The van der Waals surface area contributed by atoms with Gasteiger partial charge in [0.05, 0.1) is 16.3 Å². The molecule has 0 aliphatic carbocycles. The highest BCUT2D eigenvalue weighted by molar-refractivity contribution is 5.99. The van der Waals surface area contributed by atoms with Gasteiger partial charge in [0.2, 0.25) is 0 Å². The molecule has 0 fully saturated rings. The number of carbonyl (C=O) groups is 1. The summed E-state index contributed by atoms with van der Waals surface area (Å²) in [6.07, 6.45) is 1.75. The second kappa shape index (κ2) is 5.79. The van der Waals surface area contributed by atoms with Gasteiger partial charge in [-0.25, -0.2) is 5.43 Å². The first-order chi connectivity index (χ1) is 9.58. The van der Waals surface area contributed by atoms with Crippen molar-refractivity contribution in [2.75, 3.05) is 0 Å². The standard InChI is InChI=1S/C13H12N4O3/c1-9(12-6-3-7-14-12)15-16-13(18)10-4-2-5-11(8-10)17(19)20/h2-8,14H,1H3,(H,16,18)/b15-9+. The van der Waals surface area contributed by atoms with E-state index in [0.717, 1.165) is 5.69 Å². The van der Waals surface area contributed by atoms with Crippen molar-refractivity contribution in [2.24, 2.45) is 5.10 Å². The predicted octanol–water partition coefficient (Wildman–Crippen LogP) is 2.08. The average Bonchev–Trinajstić information content (AvgIpc) is 2.98. The van der Waals surface area contributed by atoms with Crippen molar-refractivity contribution in [3.05, 3.63) is 64.0 Å². The Morgan fingerprint density at radius 1 is 1.35 bits per heavy atom. The Bertz CT molecular complexity index is 662. The molecule has 0 radical (unpaired) electrons. The third kappa shape index (κ3) is 3.08. The number of benzene rings is 1. The summed E-state index contributed by atoms with van der Waals surface area (Å²) < 4.78 is 0. The average molecular weight is 272 g/mol. The van der Waals surface area contributed by atoms with E-state index in [9.17, 15) is 14.9 Å². The number of nitro groups is 1. The lowest BCUT2D eigenvalue weighted by molar-refractivity contribution is -0.384. The summed E-state index contributed by atoms with van der Waals surface area (Å²) in [6.45, 7) is 1.74. The number of carbonyl (C=O) groups excluding carboxylic acids is 1. The summed E-state index contributed by atoms with van der Waals surface area (Å²) in [5, 5.41) is 14.6. The molecule has 1 aromatic carbocycles. The van der Waals surface area contributed by atoms with Gasteiger partial charge >= 0.3 is 0 Å². The molecule has 0 bridgehead atoms. The van der Waals surface area contributed by atoms with E-state index in [2.05, 4.69) is 15.5 Å². The lowest BCUT2D eigenvalue weighted by Crippen LogP contribution is -2.19. The van der Waals surface area contributed by atoms with Crippen LogP contribution < -0.4 is 5.43 Å². The largest absolute Gasteiger partial charge is 0.360 e. The topological polar surface area (TPSA) is 100 Å². The first-order valence-electron chi connectivity index (χ1n) is 5.81. The Hall–Kier alpha value is -2.96. The van der Waals surface area contributed by atoms with Crippen LogP contribution in [0.5, 0.6) is 0 Å². The van der Waals surface area contributed by atoms with Crippen LogP contribution in [-0.2, 0) is 0 Å². The zero-order valence-electron chi connectivity index (χ0n) is 10.7. The fraction of sp³-hybridized carbons (Fsp3) is 0.0769. The molecule has 2 rings (SSSR count). The van der Waals surface area contributed by atoms with E-state index >= 15 is 0 Å². The highest BCUT2D eigenvalue weighted by atomic mass is 16.6. The Morgan fingerprint density at radius 2 is 2.15 bits per heavy atom. The maximum atomic E-state index is 11.8. The number of non-ortho nitro benzene ring substituents is 1. The van der Waals surface area contributed by atoms with Gasteiger partial charge in [0, 0.05) is 23.9 Å². The number of aromatic amines is 1. The second-order valence-corrected chi connectivity index (χ2v) is 4.03. The Kier molecular flexibility index (Phi) is 3.90. The van der Waals surface area contributed by atoms with Gasteiger partial charge in [-0.05, 0) is 25.1 Å². The molecule has 7 nitrogen and oxygen atoms in total. The van der Waals surface area contributed by atoms with Crippen molar-refractivity contribution in [1.29, 1.82) is 0 Å². The first kappa shape index (κ1) is 13.5. The van der Waals surface area contributed by atoms with E-state index in [1.54, 1.807) is 13.1 Å². The normalized spacial score (nSPS) is 11.2. The number of rotatable bonds is 4. The minimum atomic E-state index is -0.551. The summed E-state index contributed by atoms with van der Waals surface area (Å²) in [5.41, 5.74) is 3.79. The maximum Gasteiger partial charge on any atom is 0.271 e. The van der Waals surface area contributed by atoms with E-state index in [4.69, 9.17) is 0 Å². The van der Waals surface area contributed by atoms with Crippen LogP contribution in [0.1, 0.15) is 23.0 Å². The van der Waals surface area contributed by atoms with E-state index in [-0.39, 0.29) is 11.3 Å². The fourth-order valence-corrected chi connectivity index (χ4v) is 1.58. The smallest absolute Gasteiger partial charge is 0.271 e. The van der Waals surface area contributed by atoms with E-state index < -0.39 is 10.8 Å². The predicted molar refractivity (Wildman–Crippen MR) is 73.6 cm³/mol. The first-order valence-corrected chi connectivity index (χ1v) is 5.81. The fourth-order valence-electron chi connectivity index (χ4n) is 1.58. The summed E-state index contributed by atoms with van der Waals surface area (Å²) in [7, 11) is 0. The van der Waals surface area contributed by atoms with Crippen LogP contribution in [0.4, 0.5) is 5.69 Å². The van der Waals surface area contributed by atoms with Crippen LogP contribution in [0, 0.1) is 10.1 Å². The number of H-pyrrole nitrogens is 1. The number of hydrazone groups is 1. The van der Waals surface area contributed by atoms with Crippen molar-refractivity contribution in [1.82, 2.24) is 10.4 Å². The van der Waals surface area contributed by atoms with Crippen LogP contribution >= 0.6 is 0 Å².